The maximum absolute atomic E-state index is 3.49. The molecule has 0 fully saturated rings. The Morgan fingerprint density at radius 1 is 1.21 bits per heavy atom. The highest BCUT2D eigenvalue weighted by molar-refractivity contribution is 7.98. The highest BCUT2D eigenvalue weighted by atomic mass is 32.2. The summed E-state index contributed by atoms with van der Waals surface area (Å²) in [6, 6.07) is 0.622. The number of rotatable bonds is 8. The molecule has 0 saturated carbocycles. The SMILES string of the molecule is CSCCCC(C)(C)CCNC(C)C. The summed E-state index contributed by atoms with van der Waals surface area (Å²) in [6.45, 7) is 10.3. The van der Waals surface area contributed by atoms with Crippen molar-refractivity contribution in [3.05, 3.63) is 0 Å². The van der Waals surface area contributed by atoms with Crippen molar-refractivity contribution in [2.24, 2.45) is 5.41 Å². The maximum Gasteiger partial charge on any atom is 0.00103 e. The average Bonchev–Trinajstić information content (AvgIpc) is 2.03. The molecule has 0 amide bonds. The molecule has 2 heteroatoms. The minimum Gasteiger partial charge on any atom is -0.315 e. The molecule has 0 heterocycles. The van der Waals surface area contributed by atoms with Crippen molar-refractivity contribution in [2.75, 3.05) is 18.6 Å². The predicted octanol–water partition coefficient (Wildman–Crippen LogP) is 3.54. The van der Waals surface area contributed by atoms with E-state index in [0.717, 1.165) is 6.54 Å². The summed E-state index contributed by atoms with van der Waals surface area (Å²) in [6.07, 6.45) is 6.19. The largest absolute Gasteiger partial charge is 0.315 e. The first kappa shape index (κ1) is 14.3. The molecule has 0 aromatic carbocycles. The van der Waals surface area contributed by atoms with Crippen LogP contribution >= 0.6 is 11.8 Å². The monoisotopic (exact) mass is 217 g/mol. The molecule has 0 rings (SSSR count). The minimum absolute atomic E-state index is 0.512. The number of nitrogens with one attached hydrogen (secondary N) is 1. The van der Waals surface area contributed by atoms with E-state index in [9.17, 15) is 0 Å². The van der Waals surface area contributed by atoms with Crippen molar-refractivity contribution >= 4 is 11.8 Å². The Labute approximate surface area is 94.4 Å². The molecule has 0 unspecified atom stereocenters. The fourth-order valence-corrected chi connectivity index (χ4v) is 1.95. The second-order valence-electron chi connectivity index (χ2n) is 5.12. The fraction of sp³-hybridized carbons (Fsp3) is 1.00. The van der Waals surface area contributed by atoms with Crippen LogP contribution in [0.15, 0.2) is 0 Å². The normalized spacial score (nSPS) is 12.4. The van der Waals surface area contributed by atoms with Crippen LogP contribution < -0.4 is 5.32 Å². The van der Waals surface area contributed by atoms with Crippen LogP contribution in [0, 0.1) is 5.41 Å². The predicted molar refractivity (Wildman–Crippen MR) is 69.2 cm³/mol. The van der Waals surface area contributed by atoms with Crippen molar-refractivity contribution < 1.29 is 0 Å². The summed E-state index contributed by atoms with van der Waals surface area (Å²) in [5, 5.41) is 3.49. The second kappa shape index (κ2) is 7.58. The van der Waals surface area contributed by atoms with Crippen LogP contribution in [0.1, 0.15) is 47.0 Å². The summed E-state index contributed by atoms with van der Waals surface area (Å²) in [4.78, 5) is 0. The third-order valence-electron chi connectivity index (χ3n) is 2.56. The lowest BCUT2D eigenvalue weighted by Crippen LogP contribution is -2.27. The first-order chi connectivity index (χ1) is 6.48. The van der Waals surface area contributed by atoms with Crippen molar-refractivity contribution in [1.82, 2.24) is 5.32 Å². The molecule has 0 aliphatic rings. The summed E-state index contributed by atoms with van der Waals surface area (Å²) < 4.78 is 0. The van der Waals surface area contributed by atoms with E-state index in [-0.39, 0.29) is 0 Å². The Morgan fingerprint density at radius 3 is 2.36 bits per heavy atom. The summed E-state index contributed by atoms with van der Waals surface area (Å²) in [5.41, 5.74) is 0.512. The number of thioether (sulfide) groups is 1. The van der Waals surface area contributed by atoms with Gasteiger partial charge in [-0.1, -0.05) is 27.7 Å². The van der Waals surface area contributed by atoms with Crippen LogP contribution in [0.2, 0.25) is 0 Å². The van der Waals surface area contributed by atoms with E-state index in [4.69, 9.17) is 0 Å². The Morgan fingerprint density at radius 2 is 1.86 bits per heavy atom. The third kappa shape index (κ3) is 8.89. The van der Waals surface area contributed by atoms with Crippen LogP contribution in [0.25, 0.3) is 0 Å². The van der Waals surface area contributed by atoms with Crippen molar-refractivity contribution in [2.45, 2.75) is 53.0 Å². The Bertz CT molecular complexity index is 132. The summed E-state index contributed by atoms with van der Waals surface area (Å²) in [7, 11) is 0. The van der Waals surface area contributed by atoms with Crippen LogP contribution in [0.3, 0.4) is 0 Å². The van der Waals surface area contributed by atoms with Gasteiger partial charge in [-0.3, -0.25) is 0 Å². The van der Waals surface area contributed by atoms with E-state index >= 15 is 0 Å². The van der Waals surface area contributed by atoms with Gasteiger partial charge < -0.3 is 5.32 Å². The minimum atomic E-state index is 0.512. The van der Waals surface area contributed by atoms with Gasteiger partial charge in [0.1, 0.15) is 0 Å². The lowest BCUT2D eigenvalue weighted by molar-refractivity contribution is 0.296. The highest BCUT2D eigenvalue weighted by Crippen LogP contribution is 2.26. The lowest BCUT2D eigenvalue weighted by Gasteiger charge is -2.25. The van der Waals surface area contributed by atoms with Gasteiger partial charge in [-0.2, -0.15) is 11.8 Å². The molecule has 1 nitrogen and oxygen atoms in total. The average molecular weight is 217 g/mol. The first-order valence-electron chi connectivity index (χ1n) is 5.70. The molecule has 1 N–H and O–H groups in total. The molecular weight excluding hydrogens is 190 g/mol. The summed E-state index contributed by atoms with van der Waals surface area (Å²) in [5.74, 6) is 1.31. The smallest absolute Gasteiger partial charge is 0.00103 e. The van der Waals surface area contributed by atoms with Crippen LogP contribution in [0.4, 0.5) is 0 Å². The van der Waals surface area contributed by atoms with Gasteiger partial charge in [-0.25, -0.2) is 0 Å². The van der Waals surface area contributed by atoms with E-state index in [0.29, 0.717) is 11.5 Å². The molecule has 0 atom stereocenters. The maximum atomic E-state index is 3.49. The fourth-order valence-electron chi connectivity index (χ4n) is 1.52. The first-order valence-corrected chi connectivity index (χ1v) is 7.09. The van der Waals surface area contributed by atoms with Gasteiger partial charge in [0, 0.05) is 6.04 Å². The van der Waals surface area contributed by atoms with E-state index in [1.54, 1.807) is 0 Å². The number of hydrogen-bond donors (Lipinski definition) is 1. The van der Waals surface area contributed by atoms with E-state index in [1.807, 2.05) is 11.8 Å². The lowest BCUT2D eigenvalue weighted by atomic mass is 9.84. The van der Waals surface area contributed by atoms with Gasteiger partial charge in [0.15, 0.2) is 0 Å². The molecule has 0 saturated heterocycles. The zero-order chi connectivity index (χ0) is 11.0. The van der Waals surface area contributed by atoms with E-state index in [2.05, 4.69) is 39.3 Å². The quantitative estimate of drug-likeness (QED) is 0.624. The van der Waals surface area contributed by atoms with Crippen molar-refractivity contribution in [1.29, 1.82) is 0 Å². The molecular formula is C12H27NS. The second-order valence-corrected chi connectivity index (χ2v) is 6.10. The molecule has 14 heavy (non-hydrogen) atoms. The summed E-state index contributed by atoms with van der Waals surface area (Å²) >= 11 is 1.96. The molecule has 0 spiro atoms. The Balaban J connectivity index is 3.50. The molecule has 0 aliphatic carbocycles. The van der Waals surface area contributed by atoms with Crippen LogP contribution in [-0.2, 0) is 0 Å². The van der Waals surface area contributed by atoms with Gasteiger partial charge in [-0.15, -0.1) is 0 Å². The third-order valence-corrected chi connectivity index (χ3v) is 3.25. The van der Waals surface area contributed by atoms with E-state index in [1.165, 1.54) is 25.0 Å². The zero-order valence-electron chi connectivity index (χ0n) is 10.5. The van der Waals surface area contributed by atoms with E-state index < -0.39 is 0 Å². The molecule has 0 aromatic rings. The van der Waals surface area contributed by atoms with Crippen molar-refractivity contribution in [3.63, 3.8) is 0 Å². The standard InChI is InChI=1S/C12H27NS/c1-11(2)13-9-8-12(3,4)7-6-10-14-5/h11,13H,6-10H2,1-5H3. The molecule has 0 bridgehead atoms. The van der Waals surface area contributed by atoms with Crippen molar-refractivity contribution in [3.8, 4) is 0 Å². The molecule has 0 radical (unpaired) electrons. The Hall–Kier alpha value is 0.310. The Kier molecular flexibility index (Phi) is 7.75. The van der Waals surface area contributed by atoms with Gasteiger partial charge >= 0.3 is 0 Å². The molecule has 0 aliphatic heterocycles. The zero-order valence-corrected chi connectivity index (χ0v) is 11.3. The van der Waals surface area contributed by atoms with Gasteiger partial charge in [-0.05, 0) is 43.2 Å². The van der Waals surface area contributed by atoms with Crippen LogP contribution in [-0.4, -0.2) is 24.6 Å². The van der Waals surface area contributed by atoms with Gasteiger partial charge in [0.05, 0.1) is 0 Å². The topological polar surface area (TPSA) is 12.0 Å². The molecule has 86 valence electrons. The van der Waals surface area contributed by atoms with Crippen LogP contribution in [0.5, 0.6) is 0 Å². The highest BCUT2D eigenvalue weighted by Gasteiger charge is 2.16. The molecule has 0 aromatic heterocycles. The number of hydrogen-bond acceptors (Lipinski definition) is 2. The van der Waals surface area contributed by atoms with Gasteiger partial charge in [0.2, 0.25) is 0 Å². The van der Waals surface area contributed by atoms with Gasteiger partial charge in [0.25, 0.3) is 0 Å².